The van der Waals surface area contributed by atoms with Gasteiger partial charge in [-0.05, 0) is 41.9 Å². The third-order valence-corrected chi connectivity index (χ3v) is 5.74. The Kier molecular flexibility index (Phi) is 5.90. The average Bonchev–Trinajstić information content (AvgIpc) is 2.76. The van der Waals surface area contributed by atoms with Gasteiger partial charge in [0, 0.05) is 6.20 Å². The van der Waals surface area contributed by atoms with Gasteiger partial charge < -0.3 is 0 Å². The molecule has 0 atom stereocenters. The highest BCUT2D eigenvalue weighted by atomic mass is 33.1. The van der Waals surface area contributed by atoms with Gasteiger partial charge in [0.25, 0.3) is 0 Å². The molecule has 0 saturated heterocycles. The minimum Gasteiger partial charge on any atom is -0.285 e. The Balaban J connectivity index is 2.01. The first-order chi connectivity index (χ1) is 7.64. The number of nitrogens with zero attached hydrogens (tertiary/aromatic N) is 1. The molecular formula is C10H18N2O2S2. The van der Waals surface area contributed by atoms with E-state index in [1.165, 1.54) is 5.56 Å². The van der Waals surface area contributed by atoms with E-state index in [2.05, 4.69) is 10.2 Å². The molecule has 0 aliphatic heterocycles. The minimum atomic E-state index is -2.85. The maximum atomic E-state index is 11.2. The molecule has 1 N–H and O–H groups in total. The second-order valence-electron chi connectivity index (χ2n) is 3.70. The zero-order valence-corrected chi connectivity index (χ0v) is 11.1. The Morgan fingerprint density at radius 2 is 2.06 bits per heavy atom. The summed E-state index contributed by atoms with van der Waals surface area (Å²) in [4.78, 5) is 0. The lowest BCUT2D eigenvalue weighted by Crippen LogP contribution is -1.99. The molecule has 0 radical (unpaired) electrons. The van der Waals surface area contributed by atoms with Gasteiger partial charge in [-0.2, -0.15) is 5.10 Å². The second-order valence-corrected chi connectivity index (χ2v) is 8.08. The lowest BCUT2D eigenvalue weighted by atomic mass is 10.1. The standard InChI is InChI=1S/C10H18N2O2S2/c1-15-16(13,14)7-5-3-2-4-6-10-8-11-12-9-10/h8-9H,2-7H2,1H3,(H,11,12). The summed E-state index contributed by atoms with van der Waals surface area (Å²) >= 11 is 0. The summed E-state index contributed by atoms with van der Waals surface area (Å²) in [5.74, 6) is 0.305. The van der Waals surface area contributed by atoms with Crippen molar-refractivity contribution < 1.29 is 8.42 Å². The first-order valence-electron chi connectivity index (χ1n) is 5.40. The molecule has 1 aromatic heterocycles. The molecule has 0 amide bonds. The average molecular weight is 262 g/mol. The lowest BCUT2D eigenvalue weighted by molar-refractivity contribution is 0.601. The predicted octanol–water partition coefficient (Wildman–Crippen LogP) is 2.21. The van der Waals surface area contributed by atoms with Gasteiger partial charge in [-0.25, -0.2) is 8.42 Å². The van der Waals surface area contributed by atoms with Gasteiger partial charge in [-0.3, -0.25) is 5.10 Å². The van der Waals surface area contributed by atoms with Crippen LogP contribution < -0.4 is 0 Å². The van der Waals surface area contributed by atoms with E-state index < -0.39 is 8.87 Å². The molecule has 0 spiro atoms. The van der Waals surface area contributed by atoms with E-state index >= 15 is 0 Å². The fourth-order valence-corrected chi connectivity index (χ4v) is 3.04. The van der Waals surface area contributed by atoms with E-state index in [4.69, 9.17) is 0 Å². The number of unbranched alkanes of at least 4 members (excludes halogenated alkanes) is 3. The number of hydrogen-bond acceptors (Lipinski definition) is 4. The summed E-state index contributed by atoms with van der Waals surface area (Å²) in [6.07, 6.45) is 10.3. The maximum absolute atomic E-state index is 11.2. The Morgan fingerprint density at radius 3 is 2.69 bits per heavy atom. The Bertz CT molecular complexity index is 374. The van der Waals surface area contributed by atoms with E-state index in [0.29, 0.717) is 5.75 Å². The van der Waals surface area contributed by atoms with Crippen molar-refractivity contribution in [1.82, 2.24) is 10.2 Å². The van der Waals surface area contributed by atoms with Crippen molar-refractivity contribution in [3.8, 4) is 0 Å². The molecule has 0 bridgehead atoms. The molecule has 1 aromatic rings. The van der Waals surface area contributed by atoms with Gasteiger partial charge >= 0.3 is 0 Å². The zero-order valence-electron chi connectivity index (χ0n) is 9.48. The van der Waals surface area contributed by atoms with E-state index in [1.54, 1.807) is 6.26 Å². The summed E-state index contributed by atoms with van der Waals surface area (Å²) in [6, 6.07) is 0. The number of aromatic amines is 1. The summed E-state index contributed by atoms with van der Waals surface area (Å²) in [6.45, 7) is 0. The molecule has 0 aliphatic rings. The summed E-state index contributed by atoms with van der Waals surface area (Å²) < 4.78 is 22.3. The predicted molar refractivity (Wildman–Crippen MR) is 68.1 cm³/mol. The zero-order chi connectivity index (χ0) is 11.9. The van der Waals surface area contributed by atoms with Gasteiger partial charge in [0.15, 0.2) is 0 Å². The minimum absolute atomic E-state index is 0.305. The van der Waals surface area contributed by atoms with Gasteiger partial charge in [0.1, 0.15) is 0 Å². The van der Waals surface area contributed by atoms with Crippen LogP contribution in [0.3, 0.4) is 0 Å². The first kappa shape index (κ1) is 13.6. The third kappa shape index (κ3) is 5.55. The maximum Gasteiger partial charge on any atom is 0.201 e. The molecule has 0 fully saturated rings. The summed E-state index contributed by atoms with van der Waals surface area (Å²) in [5, 5.41) is 6.65. The number of aryl methyl sites for hydroxylation is 1. The normalized spacial score (nSPS) is 11.8. The molecule has 0 aliphatic carbocycles. The highest BCUT2D eigenvalue weighted by molar-refractivity contribution is 8.71. The van der Waals surface area contributed by atoms with Crippen LogP contribution in [-0.4, -0.2) is 30.6 Å². The fourth-order valence-electron chi connectivity index (χ4n) is 1.46. The molecule has 0 unspecified atom stereocenters. The first-order valence-corrected chi connectivity index (χ1v) is 8.79. The van der Waals surface area contributed by atoms with Crippen molar-refractivity contribution in [2.45, 2.75) is 32.1 Å². The topological polar surface area (TPSA) is 62.8 Å². The molecule has 0 saturated carbocycles. The van der Waals surface area contributed by atoms with Crippen molar-refractivity contribution in [3.63, 3.8) is 0 Å². The quantitative estimate of drug-likeness (QED) is 0.576. The molecule has 6 heteroatoms. The van der Waals surface area contributed by atoms with Crippen LogP contribution >= 0.6 is 10.8 Å². The van der Waals surface area contributed by atoms with Gasteiger partial charge in [0.05, 0.1) is 11.9 Å². The van der Waals surface area contributed by atoms with Crippen LogP contribution in [0.15, 0.2) is 12.4 Å². The Hall–Kier alpha value is -0.490. The third-order valence-electron chi connectivity index (χ3n) is 2.42. The van der Waals surface area contributed by atoms with Gasteiger partial charge in [-0.15, -0.1) is 0 Å². The van der Waals surface area contributed by atoms with Crippen LogP contribution in [0.4, 0.5) is 0 Å². The van der Waals surface area contributed by atoms with Crippen LogP contribution in [0.5, 0.6) is 0 Å². The van der Waals surface area contributed by atoms with Gasteiger partial charge in [0.2, 0.25) is 8.87 Å². The van der Waals surface area contributed by atoms with Crippen molar-refractivity contribution in [3.05, 3.63) is 18.0 Å². The van der Waals surface area contributed by atoms with Crippen LogP contribution in [0.2, 0.25) is 0 Å². The monoisotopic (exact) mass is 262 g/mol. The van der Waals surface area contributed by atoms with Crippen molar-refractivity contribution in [1.29, 1.82) is 0 Å². The van der Waals surface area contributed by atoms with Crippen LogP contribution in [0.1, 0.15) is 31.2 Å². The van der Waals surface area contributed by atoms with E-state index in [0.717, 1.165) is 42.9 Å². The number of nitrogens with one attached hydrogen (secondary N) is 1. The summed E-state index contributed by atoms with van der Waals surface area (Å²) in [5.41, 5.74) is 1.22. The Morgan fingerprint density at radius 1 is 1.31 bits per heavy atom. The molecular weight excluding hydrogens is 244 g/mol. The number of aromatic nitrogens is 2. The van der Waals surface area contributed by atoms with E-state index in [-0.39, 0.29) is 0 Å². The number of H-pyrrole nitrogens is 1. The Labute approximate surface area is 101 Å². The number of rotatable bonds is 8. The molecule has 4 nitrogen and oxygen atoms in total. The fraction of sp³-hybridized carbons (Fsp3) is 0.700. The van der Waals surface area contributed by atoms with Crippen LogP contribution in [-0.2, 0) is 15.3 Å². The van der Waals surface area contributed by atoms with Crippen molar-refractivity contribution in [2.75, 3.05) is 12.0 Å². The SMILES string of the molecule is CSS(=O)(=O)CCCCCCc1cn[nH]c1. The van der Waals surface area contributed by atoms with Crippen LogP contribution in [0.25, 0.3) is 0 Å². The van der Waals surface area contributed by atoms with E-state index in [1.807, 2.05) is 12.4 Å². The van der Waals surface area contributed by atoms with Gasteiger partial charge in [-0.1, -0.05) is 12.8 Å². The van der Waals surface area contributed by atoms with Crippen LogP contribution in [0, 0.1) is 0 Å². The van der Waals surface area contributed by atoms with Crippen molar-refractivity contribution >= 4 is 19.7 Å². The molecule has 1 rings (SSSR count). The molecule has 1 heterocycles. The van der Waals surface area contributed by atoms with E-state index in [9.17, 15) is 8.42 Å². The largest absolute Gasteiger partial charge is 0.285 e. The molecule has 92 valence electrons. The lowest BCUT2D eigenvalue weighted by Gasteiger charge is -2.00. The summed E-state index contributed by atoms with van der Waals surface area (Å²) in [7, 11) is -1.90. The number of hydrogen-bond donors (Lipinski definition) is 1. The highest BCUT2D eigenvalue weighted by Crippen LogP contribution is 2.12. The van der Waals surface area contributed by atoms with Crippen molar-refractivity contribution in [2.24, 2.45) is 0 Å². The molecule has 16 heavy (non-hydrogen) atoms. The highest BCUT2D eigenvalue weighted by Gasteiger charge is 2.06. The smallest absolute Gasteiger partial charge is 0.201 e. The second kappa shape index (κ2) is 6.96. The molecule has 0 aromatic carbocycles.